The summed E-state index contributed by atoms with van der Waals surface area (Å²) in [4.78, 5) is 19.2. The Morgan fingerprint density at radius 3 is 2.95 bits per heavy atom. The minimum Gasteiger partial charge on any atom is -0.388 e. The maximum Gasteiger partial charge on any atom is 0.251 e. The molecule has 1 aliphatic rings. The zero-order valence-corrected chi connectivity index (χ0v) is 11.4. The van der Waals surface area contributed by atoms with E-state index in [1.165, 1.54) is 6.42 Å². The van der Waals surface area contributed by atoms with Crippen molar-refractivity contribution in [3.63, 3.8) is 0 Å². The number of amides is 1. The Morgan fingerprint density at radius 1 is 1.35 bits per heavy atom. The number of aromatic amines is 1. The molecule has 0 bridgehead atoms. The summed E-state index contributed by atoms with van der Waals surface area (Å²) in [5, 5.41) is 13.2. The minimum absolute atomic E-state index is 0.152. The zero-order valence-electron chi connectivity index (χ0n) is 11.4. The van der Waals surface area contributed by atoms with Gasteiger partial charge in [-0.05, 0) is 31.0 Å². The predicted molar refractivity (Wildman–Crippen MR) is 76.5 cm³/mol. The fraction of sp³-hybridized carbons (Fsp3) is 0.467. The molecule has 106 valence electrons. The molecule has 5 nitrogen and oxygen atoms in total. The first kappa shape index (κ1) is 13.1. The highest BCUT2D eigenvalue weighted by Crippen LogP contribution is 2.27. The molecule has 1 fully saturated rings. The molecule has 0 aliphatic heterocycles. The normalized spacial score (nSPS) is 18.1. The Bertz CT molecular complexity index is 614. The van der Waals surface area contributed by atoms with Crippen LogP contribution in [0.5, 0.6) is 0 Å². The standard InChI is InChI=1S/C15H19N3O2/c19-14(16-9-15(20)6-2-1-3-7-15)11-4-5-12-13(8-11)18-10-17-12/h4-5,8,10,20H,1-3,6-7,9H2,(H,16,19)(H,17,18). The second-order valence-corrected chi connectivity index (χ2v) is 5.60. The largest absolute Gasteiger partial charge is 0.388 e. The molecule has 1 aromatic heterocycles. The van der Waals surface area contributed by atoms with Gasteiger partial charge in [0.05, 0.1) is 23.0 Å². The third-order valence-corrected chi connectivity index (χ3v) is 4.04. The lowest BCUT2D eigenvalue weighted by Crippen LogP contribution is -2.44. The summed E-state index contributed by atoms with van der Waals surface area (Å²) in [5.74, 6) is -0.152. The number of aromatic nitrogens is 2. The average molecular weight is 273 g/mol. The lowest BCUT2D eigenvalue weighted by atomic mass is 9.85. The van der Waals surface area contributed by atoms with Crippen LogP contribution < -0.4 is 5.32 Å². The molecule has 0 unspecified atom stereocenters. The van der Waals surface area contributed by atoms with Crippen LogP contribution in [0.15, 0.2) is 24.5 Å². The number of aliphatic hydroxyl groups is 1. The summed E-state index contributed by atoms with van der Waals surface area (Å²) in [6.45, 7) is 0.326. The zero-order chi connectivity index (χ0) is 14.0. The molecular weight excluding hydrogens is 254 g/mol. The maximum absolute atomic E-state index is 12.1. The van der Waals surface area contributed by atoms with Crippen molar-refractivity contribution < 1.29 is 9.90 Å². The summed E-state index contributed by atoms with van der Waals surface area (Å²) in [7, 11) is 0. The van der Waals surface area contributed by atoms with Crippen LogP contribution in [-0.4, -0.2) is 33.1 Å². The lowest BCUT2D eigenvalue weighted by Gasteiger charge is -2.32. The van der Waals surface area contributed by atoms with Crippen LogP contribution in [0.2, 0.25) is 0 Å². The topological polar surface area (TPSA) is 78.0 Å². The van der Waals surface area contributed by atoms with Gasteiger partial charge in [0.1, 0.15) is 0 Å². The van der Waals surface area contributed by atoms with Gasteiger partial charge in [-0.15, -0.1) is 0 Å². The molecule has 1 heterocycles. The quantitative estimate of drug-likeness (QED) is 0.800. The van der Waals surface area contributed by atoms with Crippen molar-refractivity contribution in [3.05, 3.63) is 30.1 Å². The van der Waals surface area contributed by atoms with Crippen LogP contribution in [0.25, 0.3) is 11.0 Å². The van der Waals surface area contributed by atoms with Gasteiger partial charge in [0, 0.05) is 12.1 Å². The number of fused-ring (bicyclic) bond motifs is 1. The molecule has 0 atom stereocenters. The second-order valence-electron chi connectivity index (χ2n) is 5.60. The van der Waals surface area contributed by atoms with Gasteiger partial charge in [-0.3, -0.25) is 4.79 Å². The highest BCUT2D eigenvalue weighted by atomic mass is 16.3. The highest BCUT2D eigenvalue weighted by Gasteiger charge is 2.29. The van der Waals surface area contributed by atoms with Crippen LogP contribution >= 0.6 is 0 Å². The third-order valence-electron chi connectivity index (χ3n) is 4.04. The van der Waals surface area contributed by atoms with Crippen LogP contribution in [0.3, 0.4) is 0 Å². The molecule has 1 aliphatic carbocycles. The van der Waals surface area contributed by atoms with Crippen molar-refractivity contribution in [1.82, 2.24) is 15.3 Å². The van der Waals surface area contributed by atoms with Crippen molar-refractivity contribution in [3.8, 4) is 0 Å². The number of carbonyl (C=O) groups is 1. The molecule has 1 amide bonds. The monoisotopic (exact) mass is 273 g/mol. The molecule has 1 aromatic carbocycles. The number of carbonyl (C=O) groups excluding carboxylic acids is 1. The lowest BCUT2D eigenvalue weighted by molar-refractivity contribution is 0.00526. The van der Waals surface area contributed by atoms with E-state index < -0.39 is 5.60 Å². The first-order valence-electron chi connectivity index (χ1n) is 7.10. The predicted octanol–water partition coefficient (Wildman–Crippen LogP) is 1.99. The first-order chi connectivity index (χ1) is 9.66. The van der Waals surface area contributed by atoms with E-state index in [-0.39, 0.29) is 5.91 Å². The van der Waals surface area contributed by atoms with Gasteiger partial charge in [0.25, 0.3) is 5.91 Å². The Labute approximate surface area is 117 Å². The minimum atomic E-state index is -0.730. The van der Waals surface area contributed by atoms with Crippen LogP contribution in [0, 0.1) is 0 Å². The van der Waals surface area contributed by atoms with E-state index in [4.69, 9.17) is 0 Å². The van der Waals surface area contributed by atoms with Gasteiger partial charge < -0.3 is 15.4 Å². The van der Waals surface area contributed by atoms with Gasteiger partial charge in [-0.25, -0.2) is 4.98 Å². The van der Waals surface area contributed by atoms with Crippen LogP contribution in [0.1, 0.15) is 42.5 Å². The molecule has 3 N–H and O–H groups in total. The van der Waals surface area contributed by atoms with E-state index in [1.807, 2.05) is 6.07 Å². The number of H-pyrrole nitrogens is 1. The summed E-state index contributed by atoms with van der Waals surface area (Å²) in [5.41, 5.74) is 1.54. The van der Waals surface area contributed by atoms with Gasteiger partial charge in [0.15, 0.2) is 0 Å². The molecule has 5 heteroatoms. The van der Waals surface area contributed by atoms with Crippen molar-refractivity contribution in [2.24, 2.45) is 0 Å². The molecule has 3 rings (SSSR count). The number of nitrogens with zero attached hydrogens (tertiary/aromatic N) is 1. The van der Waals surface area contributed by atoms with Crippen molar-refractivity contribution in [2.75, 3.05) is 6.54 Å². The van der Waals surface area contributed by atoms with E-state index in [1.54, 1.807) is 18.5 Å². The van der Waals surface area contributed by atoms with Crippen molar-refractivity contribution >= 4 is 16.9 Å². The number of hydrogen-bond acceptors (Lipinski definition) is 3. The van der Waals surface area contributed by atoms with E-state index in [2.05, 4.69) is 15.3 Å². The van der Waals surface area contributed by atoms with Gasteiger partial charge in [-0.2, -0.15) is 0 Å². The third kappa shape index (κ3) is 2.67. The maximum atomic E-state index is 12.1. The summed E-state index contributed by atoms with van der Waals surface area (Å²) in [6, 6.07) is 5.35. The number of benzene rings is 1. The van der Waals surface area contributed by atoms with Gasteiger partial charge in [0.2, 0.25) is 0 Å². The van der Waals surface area contributed by atoms with Crippen molar-refractivity contribution in [1.29, 1.82) is 0 Å². The average Bonchev–Trinajstić information content (AvgIpc) is 2.93. The molecule has 0 saturated heterocycles. The molecule has 0 radical (unpaired) electrons. The van der Waals surface area contributed by atoms with Crippen molar-refractivity contribution in [2.45, 2.75) is 37.7 Å². The summed E-state index contributed by atoms with van der Waals surface area (Å²) < 4.78 is 0. The number of rotatable bonds is 3. The number of imidazole rings is 1. The van der Waals surface area contributed by atoms with E-state index >= 15 is 0 Å². The molecule has 2 aromatic rings. The number of hydrogen-bond donors (Lipinski definition) is 3. The molecule has 20 heavy (non-hydrogen) atoms. The molecular formula is C15H19N3O2. The number of nitrogens with one attached hydrogen (secondary N) is 2. The highest BCUT2D eigenvalue weighted by molar-refractivity contribution is 5.97. The van der Waals surface area contributed by atoms with E-state index in [0.29, 0.717) is 12.1 Å². The second kappa shape index (κ2) is 5.25. The van der Waals surface area contributed by atoms with E-state index in [0.717, 1.165) is 36.7 Å². The Kier molecular flexibility index (Phi) is 3.44. The Hall–Kier alpha value is -1.88. The van der Waals surface area contributed by atoms with Crippen LogP contribution in [0.4, 0.5) is 0 Å². The summed E-state index contributed by atoms with van der Waals surface area (Å²) >= 11 is 0. The fourth-order valence-electron chi connectivity index (χ4n) is 2.81. The SMILES string of the molecule is O=C(NCC1(O)CCCCC1)c1ccc2nc[nH]c2c1. The van der Waals surface area contributed by atoms with Crippen LogP contribution in [-0.2, 0) is 0 Å². The fourth-order valence-corrected chi connectivity index (χ4v) is 2.81. The van der Waals surface area contributed by atoms with E-state index in [9.17, 15) is 9.90 Å². The van der Waals surface area contributed by atoms with Gasteiger partial charge >= 0.3 is 0 Å². The molecule has 0 spiro atoms. The first-order valence-corrected chi connectivity index (χ1v) is 7.10. The molecule has 1 saturated carbocycles. The Balaban J connectivity index is 1.66. The summed E-state index contributed by atoms with van der Waals surface area (Å²) in [6.07, 6.45) is 6.39. The van der Waals surface area contributed by atoms with Gasteiger partial charge in [-0.1, -0.05) is 19.3 Å². The Morgan fingerprint density at radius 2 is 2.15 bits per heavy atom. The smallest absolute Gasteiger partial charge is 0.251 e.